The van der Waals surface area contributed by atoms with E-state index in [0.717, 1.165) is 24.5 Å². The molecule has 0 radical (unpaired) electrons. The Hall–Kier alpha value is -3.92. The highest BCUT2D eigenvalue weighted by Gasteiger charge is 2.52. The van der Waals surface area contributed by atoms with Crippen LogP contribution < -0.4 is 0 Å². The van der Waals surface area contributed by atoms with Gasteiger partial charge in [0.25, 0.3) is 0 Å². The Kier molecular flexibility index (Phi) is 10.3. The van der Waals surface area contributed by atoms with E-state index in [1.165, 1.54) is 32.4 Å². The Bertz CT molecular complexity index is 1240. The molecular weight excluding hydrogens is 520 g/mol. The largest absolute Gasteiger partial charge is 0.508 e. The van der Waals surface area contributed by atoms with Gasteiger partial charge in [-0.2, -0.15) is 0 Å². The number of aromatic hydroxyl groups is 1. The van der Waals surface area contributed by atoms with Crippen LogP contribution in [0, 0.1) is 6.92 Å². The number of rotatable bonds is 9. The molecule has 3 rings (SSSR count). The molecule has 5 atom stereocenters. The van der Waals surface area contributed by atoms with Gasteiger partial charge in [0.1, 0.15) is 24.6 Å². The summed E-state index contributed by atoms with van der Waals surface area (Å²) in [6.07, 6.45) is -4.54. The van der Waals surface area contributed by atoms with E-state index < -0.39 is 54.4 Å². The van der Waals surface area contributed by atoms with Crippen molar-refractivity contribution in [3.63, 3.8) is 0 Å². The van der Waals surface area contributed by atoms with Gasteiger partial charge in [-0.1, -0.05) is 37.3 Å². The van der Waals surface area contributed by atoms with Crippen molar-refractivity contribution in [1.29, 1.82) is 0 Å². The van der Waals surface area contributed by atoms with Gasteiger partial charge < -0.3 is 28.8 Å². The molecule has 216 valence electrons. The van der Waals surface area contributed by atoms with Crippen LogP contribution in [0.4, 0.5) is 0 Å². The van der Waals surface area contributed by atoms with E-state index >= 15 is 0 Å². The second kappa shape index (κ2) is 13.4. The lowest BCUT2D eigenvalue weighted by Gasteiger charge is -2.44. The summed E-state index contributed by atoms with van der Waals surface area (Å²) in [5, 5.41) is 10.9. The zero-order valence-electron chi connectivity index (χ0n) is 23.6. The van der Waals surface area contributed by atoms with Gasteiger partial charge in [0.15, 0.2) is 18.3 Å². The van der Waals surface area contributed by atoms with Gasteiger partial charge in [0.2, 0.25) is 0 Å². The Morgan fingerprint density at radius 3 is 1.90 bits per heavy atom. The average molecular weight is 557 g/mol. The molecular formula is C30H36O10. The molecule has 1 saturated heterocycles. The minimum atomic E-state index is -1.29. The predicted octanol–water partition coefficient (Wildman–Crippen LogP) is 3.65. The van der Waals surface area contributed by atoms with Crippen molar-refractivity contribution < 1.29 is 48.0 Å². The summed E-state index contributed by atoms with van der Waals surface area (Å²) in [5.74, 6) is -2.72. The molecule has 40 heavy (non-hydrogen) atoms. The molecule has 1 fully saturated rings. The minimum absolute atomic E-state index is 0.00876. The van der Waals surface area contributed by atoms with E-state index in [1.807, 2.05) is 30.3 Å². The van der Waals surface area contributed by atoms with E-state index in [4.69, 9.17) is 23.7 Å². The molecule has 10 nitrogen and oxygen atoms in total. The summed E-state index contributed by atoms with van der Waals surface area (Å²) in [6, 6.07) is 11.5. The lowest BCUT2D eigenvalue weighted by Crippen LogP contribution is -2.59. The first-order valence-corrected chi connectivity index (χ1v) is 13.1. The second-order valence-electron chi connectivity index (χ2n) is 9.79. The van der Waals surface area contributed by atoms with Gasteiger partial charge in [-0.3, -0.25) is 19.2 Å². The van der Waals surface area contributed by atoms with Crippen LogP contribution in [0.5, 0.6) is 5.75 Å². The van der Waals surface area contributed by atoms with Crippen molar-refractivity contribution in [2.75, 3.05) is 6.61 Å². The van der Waals surface area contributed by atoms with Crippen molar-refractivity contribution in [2.24, 2.45) is 0 Å². The van der Waals surface area contributed by atoms with Crippen molar-refractivity contribution >= 4 is 23.9 Å². The van der Waals surface area contributed by atoms with E-state index in [2.05, 4.69) is 6.92 Å². The molecule has 1 N–H and O–H groups in total. The number of carbonyl (C=O) groups is 4. The summed E-state index contributed by atoms with van der Waals surface area (Å²) in [5.41, 5.74) is 4.12. The third-order valence-corrected chi connectivity index (χ3v) is 6.66. The number of ether oxygens (including phenoxy) is 5. The van der Waals surface area contributed by atoms with Crippen molar-refractivity contribution in [3.05, 3.63) is 64.2 Å². The van der Waals surface area contributed by atoms with E-state index in [0.29, 0.717) is 17.5 Å². The number of aryl methyl sites for hydroxylation is 1. The molecule has 0 aromatic heterocycles. The zero-order chi connectivity index (χ0) is 29.6. The van der Waals surface area contributed by atoms with Crippen LogP contribution >= 0.6 is 0 Å². The molecule has 0 aliphatic carbocycles. The predicted molar refractivity (Wildman–Crippen MR) is 142 cm³/mol. The highest BCUT2D eigenvalue weighted by atomic mass is 16.7. The third-order valence-electron chi connectivity index (χ3n) is 6.66. The number of phenols is 1. The Balaban J connectivity index is 2.10. The van der Waals surface area contributed by atoms with Crippen LogP contribution in [0.2, 0.25) is 0 Å². The standard InChI is InChI=1S/C30H36O10/c1-7-21-8-10-22(11-9-21)12-23-13-24(14-25(35)16(23)2)27-29(38-19(5)33)30(39-20(6)34)28(37-18(4)32)26(40-27)15-36-17(3)31/h8-11,13-14,26-30,35H,7,12,15H2,1-6H3/t26?,27-,28+,29-,30-/m0/s1. The number of benzene rings is 2. The zero-order valence-corrected chi connectivity index (χ0v) is 23.6. The fraction of sp³-hybridized carbons (Fsp3) is 0.467. The van der Waals surface area contributed by atoms with Crippen LogP contribution in [-0.4, -0.2) is 60.0 Å². The molecule has 1 unspecified atom stereocenters. The highest BCUT2D eigenvalue weighted by Crippen LogP contribution is 2.40. The van der Waals surface area contributed by atoms with Gasteiger partial charge >= 0.3 is 23.9 Å². The van der Waals surface area contributed by atoms with Gasteiger partial charge in [-0.15, -0.1) is 0 Å². The summed E-state index contributed by atoms with van der Waals surface area (Å²) in [4.78, 5) is 47.9. The first-order chi connectivity index (χ1) is 18.9. The van der Waals surface area contributed by atoms with Gasteiger partial charge in [-0.05, 0) is 53.6 Å². The summed E-state index contributed by atoms with van der Waals surface area (Å²) in [7, 11) is 0. The molecule has 1 aliphatic rings. The van der Waals surface area contributed by atoms with E-state index in [1.54, 1.807) is 6.92 Å². The van der Waals surface area contributed by atoms with E-state index in [-0.39, 0.29) is 12.4 Å². The van der Waals surface area contributed by atoms with Crippen molar-refractivity contribution in [3.8, 4) is 5.75 Å². The fourth-order valence-corrected chi connectivity index (χ4v) is 4.74. The Morgan fingerprint density at radius 1 is 0.800 bits per heavy atom. The highest BCUT2D eigenvalue weighted by molar-refractivity contribution is 5.69. The maximum Gasteiger partial charge on any atom is 0.303 e. The van der Waals surface area contributed by atoms with Gasteiger partial charge in [0, 0.05) is 27.7 Å². The third kappa shape index (κ3) is 7.81. The lowest BCUT2D eigenvalue weighted by molar-refractivity contribution is -0.254. The number of hydrogen-bond acceptors (Lipinski definition) is 10. The normalized spacial score (nSPS) is 22.2. The SMILES string of the molecule is CCc1ccc(Cc2cc([C@@H]3OC(COC(C)=O)[C@@H](OC(C)=O)[C@H](OC(C)=O)[C@H]3OC(C)=O)cc(O)c2C)cc1. The van der Waals surface area contributed by atoms with Gasteiger partial charge in [-0.25, -0.2) is 0 Å². The van der Waals surface area contributed by atoms with Gasteiger partial charge in [0.05, 0.1) is 0 Å². The monoisotopic (exact) mass is 556 g/mol. The number of phenolic OH excluding ortho intramolecular Hbond substituents is 1. The maximum absolute atomic E-state index is 12.2. The van der Waals surface area contributed by atoms with Crippen LogP contribution in [0.3, 0.4) is 0 Å². The second-order valence-corrected chi connectivity index (χ2v) is 9.79. The van der Waals surface area contributed by atoms with Crippen molar-refractivity contribution in [2.45, 2.75) is 84.9 Å². The molecule has 0 saturated carbocycles. The quantitative estimate of drug-likeness (QED) is 0.360. The summed E-state index contributed by atoms with van der Waals surface area (Å²) >= 11 is 0. The van der Waals surface area contributed by atoms with Crippen LogP contribution in [0.25, 0.3) is 0 Å². The first kappa shape index (κ1) is 30.6. The minimum Gasteiger partial charge on any atom is -0.508 e. The van der Waals surface area contributed by atoms with Crippen LogP contribution in [0.1, 0.15) is 68.5 Å². The maximum atomic E-state index is 12.2. The first-order valence-electron chi connectivity index (χ1n) is 13.1. The number of esters is 4. The smallest absolute Gasteiger partial charge is 0.303 e. The average Bonchev–Trinajstić information content (AvgIpc) is 2.87. The molecule has 2 aromatic carbocycles. The topological polar surface area (TPSA) is 135 Å². The van der Waals surface area contributed by atoms with E-state index in [9.17, 15) is 24.3 Å². The number of carbonyl (C=O) groups excluding carboxylic acids is 4. The lowest BCUT2D eigenvalue weighted by atomic mass is 9.88. The molecule has 10 heteroatoms. The molecule has 0 spiro atoms. The molecule has 2 aromatic rings. The summed E-state index contributed by atoms with van der Waals surface area (Å²) in [6.45, 7) is 8.27. The molecule has 0 bridgehead atoms. The fourth-order valence-electron chi connectivity index (χ4n) is 4.74. The van der Waals surface area contributed by atoms with Crippen LogP contribution in [0.15, 0.2) is 36.4 Å². The van der Waals surface area contributed by atoms with Crippen LogP contribution in [-0.2, 0) is 55.7 Å². The molecule has 1 heterocycles. The molecule has 0 amide bonds. The Labute approximate surface area is 233 Å². The number of hydrogen-bond donors (Lipinski definition) is 1. The Morgan fingerprint density at radius 2 is 1.35 bits per heavy atom. The van der Waals surface area contributed by atoms with Crippen molar-refractivity contribution in [1.82, 2.24) is 0 Å². The summed E-state index contributed by atoms with van der Waals surface area (Å²) < 4.78 is 28.0. The molecule has 1 aliphatic heterocycles.